The van der Waals surface area contributed by atoms with Gasteiger partial charge in [-0.15, -0.1) is 6.58 Å². The second kappa shape index (κ2) is 14.8. The molecular weight excluding hydrogens is 474 g/mol. The second-order valence-electron chi connectivity index (χ2n) is 9.00. The van der Waals surface area contributed by atoms with E-state index in [-0.39, 0.29) is 13.2 Å². The Bertz CT molecular complexity index is 970. The fraction of sp³-hybridized carbons (Fsp3) is 0.448. The van der Waals surface area contributed by atoms with Gasteiger partial charge in [-0.05, 0) is 24.0 Å². The maximum Gasteiger partial charge on any atom is 0.226 e. The van der Waals surface area contributed by atoms with Crippen molar-refractivity contribution in [2.75, 3.05) is 13.2 Å². The lowest BCUT2D eigenvalue weighted by Gasteiger charge is -2.47. The Balaban J connectivity index is 1.84. The summed E-state index contributed by atoms with van der Waals surface area (Å²) in [5.41, 5.74) is 1.87. The Morgan fingerprint density at radius 2 is 1.57 bits per heavy atom. The van der Waals surface area contributed by atoms with Crippen LogP contribution in [0.25, 0.3) is 0 Å². The maximum atomic E-state index is 12.6. The van der Waals surface area contributed by atoms with Gasteiger partial charge in [0.25, 0.3) is 0 Å². The monoisotopic (exact) mass is 511 g/mol. The van der Waals surface area contributed by atoms with Crippen LogP contribution in [0, 0.1) is 0 Å². The number of nitrogens with zero attached hydrogens (tertiary/aromatic N) is 1. The van der Waals surface area contributed by atoms with Crippen LogP contribution in [0.2, 0.25) is 0 Å². The Morgan fingerprint density at radius 3 is 2.14 bits per heavy atom. The number of amides is 2. The minimum atomic E-state index is -1.18. The van der Waals surface area contributed by atoms with Crippen molar-refractivity contribution in [3.05, 3.63) is 84.4 Å². The largest absolute Gasteiger partial charge is 0.388 e. The molecule has 37 heavy (non-hydrogen) atoms. The Hall–Kier alpha value is -2.88. The number of ether oxygens (including phenoxy) is 4. The van der Waals surface area contributed by atoms with Crippen LogP contribution in [0.4, 0.5) is 0 Å². The third kappa shape index (κ3) is 8.31. The molecule has 0 saturated carbocycles. The lowest BCUT2D eigenvalue weighted by Crippen LogP contribution is -2.67. The third-order valence-electron chi connectivity index (χ3n) is 6.13. The minimum Gasteiger partial charge on any atom is -0.388 e. The van der Waals surface area contributed by atoms with E-state index >= 15 is 0 Å². The molecule has 8 nitrogen and oxygen atoms in total. The first kappa shape index (κ1) is 28.7. The van der Waals surface area contributed by atoms with Gasteiger partial charge in [0, 0.05) is 13.8 Å². The molecule has 2 amide bonds. The number of benzene rings is 2. The zero-order chi connectivity index (χ0) is 26.6. The molecule has 1 fully saturated rings. The highest BCUT2D eigenvalue weighted by atomic mass is 16.7. The summed E-state index contributed by atoms with van der Waals surface area (Å²) >= 11 is 0. The van der Waals surface area contributed by atoms with Crippen molar-refractivity contribution in [3.8, 4) is 0 Å². The minimum absolute atomic E-state index is 0.0701. The lowest BCUT2D eigenvalue weighted by molar-refractivity contribution is -0.293. The van der Waals surface area contributed by atoms with Gasteiger partial charge in [-0.1, -0.05) is 66.7 Å². The van der Waals surface area contributed by atoms with E-state index in [1.54, 1.807) is 6.08 Å². The summed E-state index contributed by atoms with van der Waals surface area (Å²) in [4.78, 5) is 26.2. The summed E-state index contributed by atoms with van der Waals surface area (Å²) in [6.07, 6.45) is -0.742. The zero-order valence-electron chi connectivity index (χ0n) is 21.5. The number of hydrogen-bond acceptors (Lipinski definition) is 7. The zero-order valence-corrected chi connectivity index (χ0v) is 21.5. The van der Waals surface area contributed by atoms with Gasteiger partial charge in [0.2, 0.25) is 11.8 Å². The summed E-state index contributed by atoms with van der Waals surface area (Å²) in [5, 5.41) is 11.4. The molecule has 1 saturated heterocycles. The Kier molecular flexibility index (Phi) is 11.4. The first-order valence-corrected chi connectivity index (χ1v) is 12.6. The van der Waals surface area contributed by atoms with Crippen LogP contribution in [0.15, 0.2) is 73.3 Å². The van der Waals surface area contributed by atoms with Gasteiger partial charge in [-0.3, -0.25) is 14.5 Å². The maximum absolute atomic E-state index is 12.6. The SMILES string of the molecule is C=CCCCO[C@H]1O[C@H](COCc2ccccc2)[C@@H](O)[C@H](OCc2ccccc2)[C@H]1N(C(C)=O)C(C)=O. The van der Waals surface area contributed by atoms with Crippen molar-refractivity contribution in [1.29, 1.82) is 0 Å². The highest BCUT2D eigenvalue weighted by Gasteiger charge is 2.51. The molecule has 1 aliphatic rings. The lowest BCUT2D eigenvalue weighted by atomic mass is 9.94. The first-order chi connectivity index (χ1) is 17.9. The fourth-order valence-electron chi connectivity index (χ4n) is 4.35. The van der Waals surface area contributed by atoms with Crippen LogP contribution in [0.3, 0.4) is 0 Å². The van der Waals surface area contributed by atoms with Crippen molar-refractivity contribution in [2.45, 2.75) is 70.5 Å². The average molecular weight is 512 g/mol. The number of hydrogen-bond donors (Lipinski definition) is 1. The molecule has 0 bridgehead atoms. The molecular formula is C29H37NO7. The van der Waals surface area contributed by atoms with Crippen LogP contribution < -0.4 is 0 Å². The number of carbonyl (C=O) groups excluding carboxylic acids is 2. The van der Waals surface area contributed by atoms with E-state index in [0.29, 0.717) is 19.6 Å². The standard InChI is InChI=1S/C29H37NO7/c1-4-5-12-17-35-29-26(30(21(2)31)22(3)32)28(36-19-24-15-10-7-11-16-24)27(33)25(37-29)20-34-18-23-13-8-6-9-14-23/h4,6-11,13-16,25-29,33H,1,5,12,17-20H2,2-3H3/t25-,26-,27-,28-,29+/m1/s1. The molecule has 2 aromatic rings. The number of carbonyl (C=O) groups is 2. The quantitative estimate of drug-likeness (QED) is 0.324. The predicted octanol–water partition coefficient (Wildman–Crippen LogP) is 3.62. The van der Waals surface area contributed by atoms with E-state index in [0.717, 1.165) is 22.4 Å². The van der Waals surface area contributed by atoms with Crippen molar-refractivity contribution < 1.29 is 33.6 Å². The Labute approximate surface area is 218 Å². The van der Waals surface area contributed by atoms with Gasteiger partial charge in [0.1, 0.15) is 24.4 Å². The average Bonchev–Trinajstić information content (AvgIpc) is 2.89. The van der Waals surface area contributed by atoms with Gasteiger partial charge < -0.3 is 24.1 Å². The summed E-state index contributed by atoms with van der Waals surface area (Å²) in [5.74, 6) is -0.972. The molecule has 0 unspecified atom stereocenters. The van der Waals surface area contributed by atoms with Crippen LogP contribution in [0.1, 0.15) is 37.8 Å². The molecule has 0 aliphatic carbocycles. The third-order valence-corrected chi connectivity index (χ3v) is 6.13. The van der Waals surface area contributed by atoms with E-state index in [1.807, 2.05) is 60.7 Å². The molecule has 2 aromatic carbocycles. The van der Waals surface area contributed by atoms with Gasteiger partial charge in [-0.2, -0.15) is 0 Å². The number of aliphatic hydroxyl groups is 1. The molecule has 0 aromatic heterocycles. The summed E-state index contributed by atoms with van der Waals surface area (Å²) in [7, 11) is 0. The number of allylic oxidation sites excluding steroid dienone is 1. The van der Waals surface area contributed by atoms with Crippen LogP contribution in [-0.4, -0.2) is 65.7 Å². The van der Waals surface area contributed by atoms with E-state index < -0.39 is 42.5 Å². The highest BCUT2D eigenvalue weighted by Crippen LogP contribution is 2.30. The molecule has 1 aliphatic heterocycles. The van der Waals surface area contributed by atoms with Gasteiger partial charge in [-0.25, -0.2) is 0 Å². The molecule has 0 spiro atoms. The van der Waals surface area contributed by atoms with Crippen LogP contribution in [0.5, 0.6) is 0 Å². The molecule has 3 rings (SSSR count). The summed E-state index contributed by atoms with van der Waals surface area (Å²) < 4.78 is 24.3. The molecule has 5 atom stereocenters. The summed E-state index contributed by atoms with van der Waals surface area (Å²) in [6.45, 7) is 7.21. The van der Waals surface area contributed by atoms with Gasteiger partial charge >= 0.3 is 0 Å². The number of unbranched alkanes of at least 4 members (excludes halogenated alkanes) is 1. The summed E-state index contributed by atoms with van der Waals surface area (Å²) in [6, 6.07) is 18.2. The van der Waals surface area contributed by atoms with E-state index in [9.17, 15) is 14.7 Å². The first-order valence-electron chi connectivity index (χ1n) is 12.6. The molecule has 8 heteroatoms. The number of rotatable bonds is 13. The highest BCUT2D eigenvalue weighted by molar-refractivity contribution is 5.93. The van der Waals surface area contributed by atoms with Crippen molar-refractivity contribution >= 4 is 11.8 Å². The molecule has 1 N–H and O–H groups in total. The van der Waals surface area contributed by atoms with E-state index in [1.165, 1.54) is 13.8 Å². The van der Waals surface area contributed by atoms with Crippen LogP contribution in [-0.2, 0) is 41.8 Å². The predicted molar refractivity (Wildman–Crippen MR) is 138 cm³/mol. The second-order valence-corrected chi connectivity index (χ2v) is 9.00. The van der Waals surface area contributed by atoms with Gasteiger partial charge in [0.15, 0.2) is 6.29 Å². The number of imide groups is 1. The van der Waals surface area contributed by atoms with Crippen molar-refractivity contribution in [2.24, 2.45) is 0 Å². The van der Waals surface area contributed by atoms with Gasteiger partial charge in [0.05, 0.1) is 26.4 Å². The Morgan fingerprint density at radius 1 is 0.973 bits per heavy atom. The molecule has 0 radical (unpaired) electrons. The van der Waals surface area contributed by atoms with Crippen LogP contribution >= 0.6 is 0 Å². The fourth-order valence-corrected chi connectivity index (χ4v) is 4.35. The molecule has 1 heterocycles. The topological polar surface area (TPSA) is 94.5 Å². The number of aliphatic hydroxyl groups excluding tert-OH is 1. The normalized spacial score (nSPS) is 23.4. The van der Waals surface area contributed by atoms with Crippen molar-refractivity contribution in [1.82, 2.24) is 4.90 Å². The molecule has 200 valence electrons. The van der Waals surface area contributed by atoms with E-state index in [4.69, 9.17) is 18.9 Å². The van der Waals surface area contributed by atoms with E-state index in [2.05, 4.69) is 6.58 Å². The smallest absolute Gasteiger partial charge is 0.226 e. The van der Waals surface area contributed by atoms with Crippen molar-refractivity contribution in [3.63, 3.8) is 0 Å².